The number of nitrogens with zero attached hydrogens (tertiary/aromatic N) is 2. The molecule has 0 aromatic heterocycles. The molecular weight excluding hydrogens is 304 g/mol. The van der Waals surface area contributed by atoms with E-state index < -0.39 is 11.9 Å². The number of benzene rings is 1. The first-order valence-electron chi connectivity index (χ1n) is 8.53. The first-order chi connectivity index (χ1) is 11.2. The largest absolute Gasteiger partial charge is 0.481 e. The molecule has 1 atom stereocenters. The number of carbonyl (C=O) groups is 2. The van der Waals surface area contributed by atoms with Gasteiger partial charge in [0.05, 0.1) is 5.54 Å². The van der Waals surface area contributed by atoms with Crippen LogP contribution < -0.4 is 0 Å². The predicted molar refractivity (Wildman–Crippen MR) is 93.5 cm³/mol. The molecule has 1 amide bonds. The van der Waals surface area contributed by atoms with Crippen molar-refractivity contribution in [2.24, 2.45) is 11.8 Å². The molecule has 1 aromatic rings. The summed E-state index contributed by atoms with van der Waals surface area (Å²) >= 11 is 0. The number of rotatable bonds is 5. The predicted octanol–water partition coefficient (Wildman–Crippen LogP) is 2.47. The van der Waals surface area contributed by atoms with Crippen LogP contribution in [0.2, 0.25) is 0 Å². The molecule has 0 saturated carbocycles. The van der Waals surface area contributed by atoms with Crippen LogP contribution in [0, 0.1) is 11.8 Å². The second-order valence-electron chi connectivity index (χ2n) is 7.56. The minimum absolute atomic E-state index is 0.215. The lowest BCUT2D eigenvalue weighted by molar-refractivity contribution is -0.158. The van der Waals surface area contributed by atoms with Gasteiger partial charge >= 0.3 is 5.97 Å². The molecule has 0 aliphatic carbocycles. The Balaban J connectivity index is 2.08. The molecule has 1 heterocycles. The molecule has 1 aromatic carbocycles. The van der Waals surface area contributed by atoms with Crippen LogP contribution in [0.1, 0.15) is 33.3 Å². The monoisotopic (exact) mass is 332 g/mol. The molecule has 0 radical (unpaired) electrons. The van der Waals surface area contributed by atoms with Crippen LogP contribution in [0.5, 0.6) is 0 Å². The van der Waals surface area contributed by atoms with E-state index in [1.165, 1.54) is 5.56 Å². The van der Waals surface area contributed by atoms with Crippen molar-refractivity contribution in [2.45, 2.75) is 39.8 Å². The minimum atomic E-state index is -1.03. The zero-order valence-electron chi connectivity index (χ0n) is 15.0. The molecule has 5 heteroatoms. The number of carboxylic acid groups (broad SMARTS) is 1. The molecule has 132 valence electrons. The highest BCUT2D eigenvalue weighted by atomic mass is 16.4. The first kappa shape index (κ1) is 18.5. The fourth-order valence-electron chi connectivity index (χ4n) is 3.48. The van der Waals surface area contributed by atoms with Gasteiger partial charge in [-0.15, -0.1) is 0 Å². The van der Waals surface area contributed by atoms with Crippen LogP contribution in [0.4, 0.5) is 0 Å². The van der Waals surface area contributed by atoms with E-state index >= 15 is 0 Å². The Morgan fingerprint density at radius 1 is 1.17 bits per heavy atom. The van der Waals surface area contributed by atoms with Crippen LogP contribution in [-0.2, 0) is 16.1 Å². The fraction of sp³-hybridized carbons (Fsp3) is 0.579. The molecule has 0 bridgehead atoms. The molecule has 1 N–H and O–H groups in total. The molecule has 1 fully saturated rings. The Hall–Kier alpha value is -1.88. The summed E-state index contributed by atoms with van der Waals surface area (Å²) in [5.41, 5.74) is 0.867. The van der Waals surface area contributed by atoms with Gasteiger partial charge in [0, 0.05) is 26.2 Å². The summed E-state index contributed by atoms with van der Waals surface area (Å²) in [4.78, 5) is 28.4. The lowest BCUT2D eigenvalue weighted by Gasteiger charge is -2.48. The Labute approximate surface area is 144 Å². The van der Waals surface area contributed by atoms with Crippen LogP contribution in [-0.4, -0.2) is 52.0 Å². The Morgan fingerprint density at radius 2 is 1.79 bits per heavy atom. The normalized spacial score (nSPS) is 19.3. The quantitative estimate of drug-likeness (QED) is 0.842. The van der Waals surface area contributed by atoms with E-state index in [0.717, 1.165) is 19.6 Å². The third-order valence-electron chi connectivity index (χ3n) is 4.69. The molecule has 1 aliphatic heterocycles. The van der Waals surface area contributed by atoms with E-state index in [-0.39, 0.29) is 17.4 Å². The molecule has 1 aliphatic rings. The van der Waals surface area contributed by atoms with E-state index in [2.05, 4.69) is 17.0 Å². The van der Waals surface area contributed by atoms with Crippen molar-refractivity contribution >= 4 is 11.9 Å². The summed E-state index contributed by atoms with van der Waals surface area (Å²) in [6.07, 6.45) is 0. The van der Waals surface area contributed by atoms with E-state index in [0.29, 0.717) is 6.54 Å². The topological polar surface area (TPSA) is 60.9 Å². The lowest BCUT2D eigenvalue weighted by atomic mass is 9.90. The van der Waals surface area contributed by atoms with Gasteiger partial charge in [-0.1, -0.05) is 44.2 Å². The summed E-state index contributed by atoms with van der Waals surface area (Å²) < 4.78 is 0. The SMILES string of the molecule is CC(C)C(C(=O)O)C(=O)N1CCN(Cc2ccccc2)CC1(C)C. The van der Waals surface area contributed by atoms with Crippen molar-refractivity contribution in [3.63, 3.8) is 0 Å². The second-order valence-corrected chi connectivity index (χ2v) is 7.56. The average molecular weight is 332 g/mol. The Kier molecular flexibility index (Phi) is 5.65. The summed E-state index contributed by atoms with van der Waals surface area (Å²) in [6, 6.07) is 10.3. The number of hydrogen-bond donors (Lipinski definition) is 1. The lowest BCUT2D eigenvalue weighted by Crippen LogP contribution is -2.62. The van der Waals surface area contributed by atoms with Crippen LogP contribution in [0.15, 0.2) is 30.3 Å². The van der Waals surface area contributed by atoms with Crippen LogP contribution >= 0.6 is 0 Å². The van der Waals surface area contributed by atoms with Gasteiger partial charge in [0.15, 0.2) is 0 Å². The van der Waals surface area contributed by atoms with Crippen molar-refractivity contribution < 1.29 is 14.7 Å². The van der Waals surface area contributed by atoms with E-state index in [4.69, 9.17) is 0 Å². The van der Waals surface area contributed by atoms with Gasteiger partial charge in [0.25, 0.3) is 0 Å². The molecular formula is C19H28N2O3. The number of carbonyl (C=O) groups excluding carboxylic acids is 1. The standard InChI is InChI=1S/C19H28N2O3/c1-14(2)16(18(23)24)17(22)21-11-10-20(13-19(21,3)4)12-15-8-6-5-7-9-15/h5-9,14,16H,10-13H2,1-4H3,(H,23,24). The fourth-order valence-corrected chi connectivity index (χ4v) is 3.48. The van der Waals surface area contributed by atoms with Gasteiger partial charge in [-0.2, -0.15) is 0 Å². The van der Waals surface area contributed by atoms with Gasteiger partial charge in [-0.25, -0.2) is 0 Å². The number of carboxylic acids is 1. The maximum atomic E-state index is 12.8. The number of hydrogen-bond acceptors (Lipinski definition) is 3. The number of amides is 1. The summed E-state index contributed by atoms with van der Waals surface area (Å²) in [7, 11) is 0. The first-order valence-corrected chi connectivity index (χ1v) is 8.53. The number of aliphatic carboxylic acids is 1. The highest BCUT2D eigenvalue weighted by Crippen LogP contribution is 2.26. The van der Waals surface area contributed by atoms with E-state index in [1.54, 1.807) is 18.7 Å². The summed E-state index contributed by atoms with van der Waals surface area (Å²) in [5.74, 6) is -2.47. The third kappa shape index (κ3) is 4.15. The van der Waals surface area contributed by atoms with Gasteiger partial charge < -0.3 is 10.0 Å². The van der Waals surface area contributed by atoms with Crippen molar-refractivity contribution in [2.75, 3.05) is 19.6 Å². The highest BCUT2D eigenvalue weighted by Gasteiger charge is 2.42. The van der Waals surface area contributed by atoms with Crippen molar-refractivity contribution in [1.29, 1.82) is 0 Å². The second kappa shape index (κ2) is 7.34. The van der Waals surface area contributed by atoms with Gasteiger partial charge in [-0.05, 0) is 25.3 Å². The van der Waals surface area contributed by atoms with Gasteiger partial charge in [0.1, 0.15) is 5.92 Å². The minimum Gasteiger partial charge on any atom is -0.481 e. The average Bonchev–Trinajstić information content (AvgIpc) is 2.46. The zero-order chi connectivity index (χ0) is 17.9. The van der Waals surface area contributed by atoms with E-state index in [9.17, 15) is 14.7 Å². The van der Waals surface area contributed by atoms with Crippen LogP contribution in [0.25, 0.3) is 0 Å². The smallest absolute Gasteiger partial charge is 0.316 e. The Bertz CT molecular complexity index is 584. The summed E-state index contributed by atoms with van der Waals surface area (Å²) in [6.45, 7) is 10.5. The Morgan fingerprint density at radius 3 is 2.29 bits per heavy atom. The number of piperazine rings is 1. The maximum absolute atomic E-state index is 12.8. The molecule has 5 nitrogen and oxygen atoms in total. The molecule has 0 spiro atoms. The van der Waals surface area contributed by atoms with Crippen LogP contribution in [0.3, 0.4) is 0 Å². The van der Waals surface area contributed by atoms with Crippen molar-refractivity contribution in [1.82, 2.24) is 9.80 Å². The van der Waals surface area contributed by atoms with Crippen molar-refractivity contribution in [3.8, 4) is 0 Å². The maximum Gasteiger partial charge on any atom is 0.316 e. The molecule has 1 unspecified atom stereocenters. The van der Waals surface area contributed by atoms with Gasteiger partial charge in [-0.3, -0.25) is 14.5 Å². The zero-order valence-corrected chi connectivity index (χ0v) is 15.0. The van der Waals surface area contributed by atoms with Crippen molar-refractivity contribution in [3.05, 3.63) is 35.9 Å². The van der Waals surface area contributed by atoms with Gasteiger partial charge in [0.2, 0.25) is 5.91 Å². The third-order valence-corrected chi connectivity index (χ3v) is 4.69. The van der Waals surface area contributed by atoms with E-state index in [1.807, 2.05) is 32.0 Å². The molecule has 2 rings (SSSR count). The molecule has 1 saturated heterocycles. The summed E-state index contributed by atoms with van der Waals surface area (Å²) in [5, 5.41) is 9.40. The molecule has 24 heavy (non-hydrogen) atoms. The highest BCUT2D eigenvalue weighted by molar-refractivity contribution is 5.97.